The number of Topliss-reactive ketones (excluding diaryl/α,β-unsaturated/α-hetero) is 1. The highest BCUT2D eigenvalue weighted by Gasteiger charge is 2.28. The summed E-state index contributed by atoms with van der Waals surface area (Å²) >= 11 is 0. The first-order chi connectivity index (χ1) is 9.31. The first-order valence-electron chi connectivity index (χ1n) is 5.83. The van der Waals surface area contributed by atoms with Gasteiger partial charge in [0, 0.05) is 4.91 Å². The number of carbonyl (C=O) groups excluding carboxylic acids is 1. The van der Waals surface area contributed by atoms with E-state index >= 15 is 0 Å². The quantitative estimate of drug-likeness (QED) is 0.462. The molecule has 0 spiro atoms. The molecule has 2 rings (SSSR count). The van der Waals surface area contributed by atoms with Gasteiger partial charge in [-0.2, -0.15) is 0 Å². The summed E-state index contributed by atoms with van der Waals surface area (Å²) in [7, 11) is 0. The third kappa shape index (κ3) is 3.58. The fourth-order valence-corrected chi connectivity index (χ4v) is 1.70. The number of nitrogens with zero attached hydrogens (tertiary/aromatic N) is 3. The molecule has 1 aliphatic heterocycles. The number of benzene rings is 1. The first-order valence-corrected chi connectivity index (χ1v) is 5.83. The van der Waals surface area contributed by atoms with Crippen molar-refractivity contribution in [1.29, 1.82) is 0 Å². The fourth-order valence-electron chi connectivity index (χ4n) is 1.70. The van der Waals surface area contributed by atoms with E-state index in [-0.39, 0.29) is 12.4 Å². The van der Waals surface area contributed by atoms with Crippen molar-refractivity contribution >= 4 is 5.78 Å². The van der Waals surface area contributed by atoms with Crippen LogP contribution in [0.2, 0.25) is 0 Å². The predicted molar refractivity (Wildman–Crippen MR) is 68.1 cm³/mol. The molecule has 0 amide bonds. The standard InChI is InChI=1S/C13H13N3O3/c14-16-15-11-6-7-19-12(13(11)17)9-18-8-10-4-2-1-3-5-10/h1-7,11-12H,8-9H2/t11-,12-/m1/s1. The molecule has 0 N–H and O–H groups in total. The molecule has 0 bridgehead atoms. The molecule has 1 aromatic carbocycles. The minimum Gasteiger partial charge on any atom is -0.488 e. The van der Waals surface area contributed by atoms with E-state index in [9.17, 15) is 4.79 Å². The molecular formula is C13H13N3O3. The fraction of sp³-hybridized carbons (Fsp3) is 0.308. The Bertz CT molecular complexity index is 509. The smallest absolute Gasteiger partial charge is 0.188 e. The minimum absolute atomic E-state index is 0.134. The summed E-state index contributed by atoms with van der Waals surface area (Å²) in [6.45, 7) is 0.541. The van der Waals surface area contributed by atoms with E-state index in [1.807, 2.05) is 30.3 Å². The maximum Gasteiger partial charge on any atom is 0.188 e. The maximum absolute atomic E-state index is 11.8. The second-order valence-corrected chi connectivity index (χ2v) is 4.01. The van der Waals surface area contributed by atoms with Crippen LogP contribution in [0.25, 0.3) is 10.4 Å². The van der Waals surface area contributed by atoms with Crippen LogP contribution in [0.3, 0.4) is 0 Å². The molecule has 0 radical (unpaired) electrons. The number of hydrogen-bond acceptors (Lipinski definition) is 4. The van der Waals surface area contributed by atoms with Crippen molar-refractivity contribution < 1.29 is 14.3 Å². The van der Waals surface area contributed by atoms with Crippen LogP contribution < -0.4 is 0 Å². The molecule has 2 atom stereocenters. The SMILES string of the molecule is [N-]=[N+]=N[C@@H]1C=CO[C@H](COCc2ccccc2)C1=O. The molecule has 0 aliphatic carbocycles. The molecule has 0 saturated heterocycles. The van der Waals surface area contributed by atoms with Gasteiger partial charge < -0.3 is 9.47 Å². The van der Waals surface area contributed by atoms with Crippen LogP contribution in [-0.2, 0) is 20.9 Å². The predicted octanol–water partition coefficient (Wildman–Crippen LogP) is 2.36. The van der Waals surface area contributed by atoms with Gasteiger partial charge in [0.25, 0.3) is 0 Å². The van der Waals surface area contributed by atoms with Crippen molar-refractivity contribution in [3.05, 3.63) is 58.7 Å². The molecule has 0 saturated carbocycles. The summed E-state index contributed by atoms with van der Waals surface area (Å²) in [5, 5.41) is 3.39. The Morgan fingerprint density at radius 2 is 2.16 bits per heavy atom. The van der Waals surface area contributed by atoms with Crippen LogP contribution in [0.1, 0.15) is 5.56 Å². The van der Waals surface area contributed by atoms with E-state index in [2.05, 4.69) is 10.0 Å². The Morgan fingerprint density at radius 1 is 1.37 bits per heavy atom. The number of hydrogen-bond donors (Lipinski definition) is 0. The van der Waals surface area contributed by atoms with Gasteiger partial charge in [0.1, 0.15) is 6.04 Å². The average Bonchev–Trinajstić information content (AvgIpc) is 2.44. The van der Waals surface area contributed by atoms with Crippen LogP contribution in [0.15, 0.2) is 47.8 Å². The number of ketones is 1. The number of ether oxygens (including phenoxy) is 2. The van der Waals surface area contributed by atoms with Crippen molar-refractivity contribution in [2.75, 3.05) is 6.61 Å². The lowest BCUT2D eigenvalue weighted by Crippen LogP contribution is -2.37. The Balaban J connectivity index is 1.85. The molecule has 1 heterocycles. The van der Waals surface area contributed by atoms with E-state index in [1.165, 1.54) is 12.3 Å². The van der Waals surface area contributed by atoms with Crippen molar-refractivity contribution in [2.45, 2.75) is 18.8 Å². The summed E-state index contributed by atoms with van der Waals surface area (Å²) < 4.78 is 10.6. The van der Waals surface area contributed by atoms with Crippen molar-refractivity contribution in [3.8, 4) is 0 Å². The van der Waals surface area contributed by atoms with Crippen molar-refractivity contribution in [3.63, 3.8) is 0 Å². The van der Waals surface area contributed by atoms with Gasteiger partial charge >= 0.3 is 0 Å². The van der Waals surface area contributed by atoms with Gasteiger partial charge in [0.2, 0.25) is 0 Å². The van der Waals surface area contributed by atoms with E-state index in [4.69, 9.17) is 15.0 Å². The van der Waals surface area contributed by atoms with Crippen LogP contribution in [0.4, 0.5) is 0 Å². The highest BCUT2D eigenvalue weighted by molar-refractivity contribution is 5.91. The second kappa shape index (κ2) is 6.58. The third-order valence-corrected chi connectivity index (χ3v) is 2.67. The van der Waals surface area contributed by atoms with Gasteiger partial charge in [-0.05, 0) is 17.2 Å². The molecule has 0 fully saturated rings. The van der Waals surface area contributed by atoms with Crippen LogP contribution in [0, 0.1) is 0 Å². The van der Waals surface area contributed by atoms with Gasteiger partial charge in [-0.1, -0.05) is 35.4 Å². The van der Waals surface area contributed by atoms with E-state index < -0.39 is 12.1 Å². The number of azide groups is 1. The molecule has 6 heteroatoms. The zero-order valence-electron chi connectivity index (χ0n) is 10.2. The molecule has 1 aromatic rings. The zero-order chi connectivity index (χ0) is 13.5. The zero-order valence-corrected chi connectivity index (χ0v) is 10.2. The lowest BCUT2D eigenvalue weighted by molar-refractivity contribution is -0.132. The lowest BCUT2D eigenvalue weighted by Gasteiger charge is -2.21. The average molecular weight is 259 g/mol. The topological polar surface area (TPSA) is 84.3 Å². The summed E-state index contributed by atoms with van der Waals surface area (Å²) in [5.74, 6) is -0.284. The molecule has 19 heavy (non-hydrogen) atoms. The van der Waals surface area contributed by atoms with Crippen LogP contribution in [-0.4, -0.2) is 24.5 Å². The normalized spacial score (nSPS) is 21.6. The van der Waals surface area contributed by atoms with Crippen LogP contribution in [0.5, 0.6) is 0 Å². The summed E-state index contributed by atoms with van der Waals surface area (Å²) in [5.41, 5.74) is 9.37. The second-order valence-electron chi connectivity index (χ2n) is 4.01. The van der Waals surface area contributed by atoms with E-state index in [0.717, 1.165) is 5.56 Å². The molecule has 0 unspecified atom stereocenters. The van der Waals surface area contributed by atoms with E-state index in [0.29, 0.717) is 6.61 Å². The first kappa shape index (κ1) is 13.1. The van der Waals surface area contributed by atoms with Gasteiger partial charge in [-0.25, -0.2) is 0 Å². The maximum atomic E-state index is 11.8. The molecule has 98 valence electrons. The van der Waals surface area contributed by atoms with Crippen molar-refractivity contribution in [1.82, 2.24) is 0 Å². The molecular weight excluding hydrogens is 246 g/mol. The Kier molecular flexibility index (Phi) is 4.55. The summed E-state index contributed by atoms with van der Waals surface area (Å²) in [4.78, 5) is 14.5. The van der Waals surface area contributed by atoms with Gasteiger partial charge in [-0.15, -0.1) is 0 Å². The largest absolute Gasteiger partial charge is 0.488 e. The molecule has 6 nitrogen and oxygen atoms in total. The minimum atomic E-state index is -0.802. The highest BCUT2D eigenvalue weighted by Crippen LogP contribution is 2.12. The monoisotopic (exact) mass is 259 g/mol. The Morgan fingerprint density at radius 3 is 2.89 bits per heavy atom. The van der Waals surface area contributed by atoms with Gasteiger partial charge in [0.15, 0.2) is 11.9 Å². The van der Waals surface area contributed by atoms with Crippen LogP contribution >= 0.6 is 0 Å². The van der Waals surface area contributed by atoms with E-state index in [1.54, 1.807) is 0 Å². The number of rotatable bonds is 5. The summed E-state index contributed by atoms with van der Waals surface area (Å²) in [6.07, 6.45) is 2.08. The van der Waals surface area contributed by atoms with Crippen molar-refractivity contribution in [2.24, 2.45) is 5.11 Å². The molecule has 0 aromatic heterocycles. The van der Waals surface area contributed by atoms with Gasteiger partial charge in [-0.3, -0.25) is 4.79 Å². The molecule has 1 aliphatic rings. The lowest BCUT2D eigenvalue weighted by atomic mass is 10.1. The van der Waals surface area contributed by atoms with Gasteiger partial charge in [0.05, 0.1) is 19.5 Å². The highest BCUT2D eigenvalue weighted by atomic mass is 16.5. The third-order valence-electron chi connectivity index (χ3n) is 2.67. The number of carbonyl (C=O) groups is 1. The Labute approximate surface area is 110 Å². The Hall–Kier alpha value is -2.30. The summed E-state index contributed by atoms with van der Waals surface area (Å²) in [6, 6.07) is 8.83.